The number of amides is 1. The maximum atomic E-state index is 14.5. The first-order valence-electron chi connectivity index (χ1n) is 10.2. The Hall–Kier alpha value is -3.14. The summed E-state index contributed by atoms with van der Waals surface area (Å²) in [4.78, 5) is 14.1. The molecule has 0 aliphatic carbocycles. The lowest BCUT2D eigenvalue weighted by Gasteiger charge is -2.19. The van der Waals surface area contributed by atoms with Crippen LogP contribution in [0.3, 0.4) is 0 Å². The first-order chi connectivity index (χ1) is 15.5. The van der Waals surface area contributed by atoms with Crippen molar-refractivity contribution in [1.82, 2.24) is 14.8 Å². The lowest BCUT2D eigenvalue weighted by molar-refractivity contribution is -0.113. The van der Waals surface area contributed by atoms with Crippen LogP contribution < -0.4 is 15.0 Å². The third-order valence-electron chi connectivity index (χ3n) is 5.18. The van der Waals surface area contributed by atoms with Gasteiger partial charge >= 0.3 is 0 Å². The summed E-state index contributed by atoms with van der Waals surface area (Å²) in [5.74, 6) is -0.354. The van der Waals surface area contributed by atoms with E-state index in [0.29, 0.717) is 24.1 Å². The fourth-order valence-electron chi connectivity index (χ4n) is 3.67. The molecule has 1 N–H and O–H groups in total. The molecule has 0 spiro atoms. The number of rotatable bonds is 7. The molecule has 0 saturated carbocycles. The van der Waals surface area contributed by atoms with Gasteiger partial charge in [-0.3, -0.25) is 9.36 Å². The number of halogens is 2. The molecule has 0 atom stereocenters. The number of benzene rings is 2. The van der Waals surface area contributed by atoms with Gasteiger partial charge in [-0.2, -0.15) is 0 Å². The summed E-state index contributed by atoms with van der Waals surface area (Å²) >= 11 is 1.18. The fourth-order valence-corrected chi connectivity index (χ4v) is 4.47. The molecule has 4 rings (SSSR count). The molecule has 1 fully saturated rings. The normalized spacial score (nSPS) is 13.4. The number of carbonyl (C=O) groups excluding carboxylic acids is 1. The number of anilines is 2. The second kappa shape index (κ2) is 9.56. The van der Waals surface area contributed by atoms with Crippen molar-refractivity contribution in [1.29, 1.82) is 0 Å². The summed E-state index contributed by atoms with van der Waals surface area (Å²) in [6, 6.07) is 9.70. The highest BCUT2D eigenvalue weighted by molar-refractivity contribution is 7.99. The van der Waals surface area contributed by atoms with Crippen molar-refractivity contribution in [3.8, 4) is 11.4 Å². The predicted octanol–water partition coefficient (Wildman–Crippen LogP) is 4.19. The van der Waals surface area contributed by atoms with Crippen molar-refractivity contribution in [2.24, 2.45) is 0 Å². The largest absolute Gasteiger partial charge is 0.497 e. The van der Waals surface area contributed by atoms with Gasteiger partial charge in [0.2, 0.25) is 5.91 Å². The Morgan fingerprint density at radius 3 is 2.41 bits per heavy atom. The highest BCUT2D eigenvalue weighted by atomic mass is 32.2. The molecule has 0 radical (unpaired) electrons. The van der Waals surface area contributed by atoms with Crippen molar-refractivity contribution in [3.05, 3.63) is 53.9 Å². The Morgan fingerprint density at radius 2 is 1.78 bits per heavy atom. The van der Waals surface area contributed by atoms with E-state index in [1.54, 1.807) is 12.0 Å². The number of carbonyl (C=O) groups is 1. The number of aryl methyl sites for hydroxylation is 1. The van der Waals surface area contributed by atoms with Gasteiger partial charge in [0.15, 0.2) is 16.8 Å². The number of nitrogens with zero attached hydrogens (tertiary/aromatic N) is 4. The van der Waals surface area contributed by atoms with Crippen LogP contribution in [0, 0.1) is 18.6 Å². The predicted molar refractivity (Wildman–Crippen MR) is 120 cm³/mol. The zero-order chi connectivity index (χ0) is 22.7. The minimum absolute atomic E-state index is 0.00536. The quantitative estimate of drug-likeness (QED) is 0.534. The number of nitrogens with one attached hydrogen (secondary N) is 1. The Bertz CT molecular complexity index is 1090. The number of aromatic nitrogens is 3. The van der Waals surface area contributed by atoms with Crippen LogP contribution >= 0.6 is 11.8 Å². The molecule has 1 aliphatic rings. The standard InChI is InChI=1S/C22H23F2N5O2S/c1-14-26-27-22(29(14)16-5-7-17(31-2)8-6-16)32-13-20(30)25-15-11-18(23)21(19(24)12-15)28-9-3-4-10-28/h5-8,11-12H,3-4,9-10,13H2,1-2H3,(H,25,30). The van der Waals surface area contributed by atoms with Crippen LogP contribution in [-0.2, 0) is 4.79 Å². The minimum Gasteiger partial charge on any atom is -0.497 e. The molecule has 1 aromatic heterocycles. The molecule has 0 bridgehead atoms. The molecule has 0 unspecified atom stereocenters. The molecular formula is C22H23F2N5O2S. The highest BCUT2D eigenvalue weighted by Crippen LogP contribution is 2.30. The zero-order valence-electron chi connectivity index (χ0n) is 17.8. The van der Waals surface area contributed by atoms with Crippen LogP contribution in [0.2, 0.25) is 0 Å². The molecule has 1 saturated heterocycles. The number of hydrogen-bond donors (Lipinski definition) is 1. The topological polar surface area (TPSA) is 72.3 Å². The lowest BCUT2D eigenvalue weighted by atomic mass is 10.2. The van der Waals surface area contributed by atoms with E-state index in [0.717, 1.165) is 36.4 Å². The number of ether oxygens (including phenoxy) is 1. The van der Waals surface area contributed by atoms with Crippen molar-refractivity contribution >= 4 is 29.0 Å². The van der Waals surface area contributed by atoms with E-state index in [1.165, 1.54) is 11.8 Å². The second-order valence-electron chi connectivity index (χ2n) is 7.38. The van der Waals surface area contributed by atoms with E-state index >= 15 is 0 Å². The molecule has 3 aromatic rings. The first-order valence-corrected chi connectivity index (χ1v) is 11.2. The maximum absolute atomic E-state index is 14.5. The molecular weight excluding hydrogens is 436 g/mol. The zero-order valence-corrected chi connectivity index (χ0v) is 18.6. The van der Waals surface area contributed by atoms with Crippen molar-refractivity contribution in [3.63, 3.8) is 0 Å². The molecule has 1 amide bonds. The van der Waals surface area contributed by atoms with Gasteiger partial charge in [-0.25, -0.2) is 8.78 Å². The Morgan fingerprint density at radius 1 is 1.12 bits per heavy atom. The first kappa shape index (κ1) is 22.1. The SMILES string of the molecule is COc1ccc(-n2c(C)nnc2SCC(=O)Nc2cc(F)c(N3CCCC3)c(F)c2)cc1. The molecule has 7 nitrogen and oxygen atoms in total. The third-order valence-corrected chi connectivity index (χ3v) is 6.11. The Labute approximate surface area is 188 Å². The summed E-state index contributed by atoms with van der Waals surface area (Å²) in [6.07, 6.45) is 1.82. The maximum Gasteiger partial charge on any atom is 0.234 e. The molecule has 32 heavy (non-hydrogen) atoms. The van der Waals surface area contributed by atoms with E-state index in [1.807, 2.05) is 35.8 Å². The van der Waals surface area contributed by atoms with Gasteiger partial charge in [0, 0.05) is 24.5 Å². The van der Waals surface area contributed by atoms with Crippen LogP contribution in [0.1, 0.15) is 18.7 Å². The summed E-state index contributed by atoms with van der Waals surface area (Å²) < 4.78 is 36.0. The summed E-state index contributed by atoms with van der Waals surface area (Å²) in [5.41, 5.74) is 0.886. The fraction of sp³-hybridized carbons (Fsp3) is 0.318. The van der Waals surface area contributed by atoms with Crippen molar-refractivity contribution in [2.75, 3.05) is 36.2 Å². The minimum atomic E-state index is -0.676. The number of hydrogen-bond acceptors (Lipinski definition) is 6. The monoisotopic (exact) mass is 459 g/mol. The third kappa shape index (κ3) is 4.69. The van der Waals surface area contributed by atoms with Gasteiger partial charge in [-0.05, 0) is 56.2 Å². The van der Waals surface area contributed by atoms with Gasteiger partial charge in [0.05, 0.1) is 12.9 Å². The van der Waals surface area contributed by atoms with Gasteiger partial charge < -0.3 is 15.0 Å². The Kier molecular flexibility index (Phi) is 6.59. The molecule has 2 heterocycles. The molecule has 1 aliphatic heterocycles. The van der Waals surface area contributed by atoms with Crippen LogP contribution in [0.4, 0.5) is 20.2 Å². The second-order valence-corrected chi connectivity index (χ2v) is 8.33. The van der Waals surface area contributed by atoms with E-state index in [2.05, 4.69) is 15.5 Å². The van der Waals surface area contributed by atoms with Crippen LogP contribution in [0.15, 0.2) is 41.6 Å². The van der Waals surface area contributed by atoms with Crippen LogP contribution in [0.5, 0.6) is 5.75 Å². The molecule has 168 valence electrons. The van der Waals surface area contributed by atoms with E-state index in [-0.39, 0.29) is 17.1 Å². The average molecular weight is 460 g/mol. The van der Waals surface area contributed by atoms with Crippen LogP contribution in [0.25, 0.3) is 5.69 Å². The van der Waals surface area contributed by atoms with E-state index in [4.69, 9.17) is 4.74 Å². The van der Waals surface area contributed by atoms with Gasteiger partial charge in [0.1, 0.15) is 17.3 Å². The van der Waals surface area contributed by atoms with Crippen LogP contribution in [-0.4, -0.2) is 46.6 Å². The average Bonchev–Trinajstić information content (AvgIpc) is 3.42. The van der Waals surface area contributed by atoms with Crippen molar-refractivity contribution in [2.45, 2.75) is 24.9 Å². The summed E-state index contributed by atoms with van der Waals surface area (Å²) in [7, 11) is 1.59. The molecule has 10 heteroatoms. The van der Waals surface area contributed by atoms with Gasteiger partial charge in [-0.15, -0.1) is 10.2 Å². The smallest absolute Gasteiger partial charge is 0.234 e. The Balaban J connectivity index is 1.42. The number of methoxy groups -OCH3 is 1. The lowest BCUT2D eigenvalue weighted by Crippen LogP contribution is -2.21. The summed E-state index contributed by atoms with van der Waals surface area (Å²) in [5, 5.41) is 11.3. The molecule has 2 aromatic carbocycles. The van der Waals surface area contributed by atoms with Crippen molar-refractivity contribution < 1.29 is 18.3 Å². The highest BCUT2D eigenvalue weighted by Gasteiger charge is 2.21. The van der Waals surface area contributed by atoms with E-state index < -0.39 is 17.5 Å². The van der Waals surface area contributed by atoms with E-state index in [9.17, 15) is 13.6 Å². The number of thioether (sulfide) groups is 1. The van der Waals surface area contributed by atoms with Gasteiger partial charge in [-0.1, -0.05) is 11.8 Å². The summed E-state index contributed by atoms with van der Waals surface area (Å²) in [6.45, 7) is 3.07. The van der Waals surface area contributed by atoms with Gasteiger partial charge in [0.25, 0.3) is 0 Å².